The first-order valence-corrected chi connectivity index (χ1v) is 5.25. The van der Waals surface area contributed by atoms with Gasteiger partial charge in [-0.1, -0.05) is 20.8 Å². The summed E-state index contributed by atoms with van der Waals surface area (Å²) in [5.74, 6) is -0.378. The lowest BCUT2D eigenvalue weighted by atomic mass is 9.83. The number of aromatic nitrogens is 1. The Bertz CT molecular complexity index is 349. The molecule has 1 rings (SSSR count). The Morgan fingerprint density at radius 3 is 2.44 bits per heavy atom. The number of pyridine rings is 1. The summed E-state index contributed by atoms with van der Waals surface area (Å²) in [5, 5.41) is 0. The van der Waals surface area contributed by atoms with Gasteiger partial charge < -0.3 is 10.5 Å². The van der Waals surface area contributed by atoms with Crippen molar-refractivity contribution in [3.8, 4) is 0 Å². The number of hydrogen-bond acceptors (Lipinski definition) is 3. The lowest BCUT2D eigenvalue weighted by molar-refractivity contribution is -0.00256. The van der Waals surface area contributed by atoms with E-state index in [4.69, 9.17) is 10.5 Å². The number of rotatable bonds is 3. The zero-order chi connectivity index (χ0) is 12.3. The van der Waals surface area contributed by atoms with Crippen LogP contribution in [0.2, 0.25) is 0 Å². The molecule has 0 aliphatic carbocycles. The third-order valence-electron chi connectivity index (χ3n) is 2.54. The van der Waals surface area contributed by atoms with Crippen molar-refractivity contribution in [1.82, 2.24) is 4.98 Å². The SMILES string of the molecule is COC(C(N)c1cncc(F)c1)C(C)(C)C. The van der Waals surface area contributed by atoms with E-state index in [1.807, 2.05) is 20.8 Å². The largest absolute Gasteiger partial charge is 0.379 e. The summed E-state index contributed by atoms with van der Waals surface area (Å²) < 4.78 is 18.4. The van der Waals surface area contributed by atoms with E-state index in [0.29, 0.717) is 5.56 Å². The molecule has 0 spiro atoms. The highest BCUT2D eigenvalue weighted by Crippen LogP contribution is 2.30. The van der Waals surface area contributed by atoms with Gasteiger partial charge >= 0.3 is 0 Å². The molecule has 0 saturated carbocycles. The van der Waals surface area contributed by atoms with Crippen molar-refractivity contribution in [2.24, 2.45) is 11.1 Å². The molecule has 0 aliphatic heterocycles. The highest BCUT2D eigenvalue weighted by atomic mass is 19.1. The molecule has 0 aliphatic rings. The minimum Gasteiger partial charge on any atom is -0.379 e. The van der Waals surface area contributed by atoms with Gasteiger partial charge in [0.25, 0.3) is 0 Å². The third kappa shape index (κ3) is 3.00. The summed E-state index contributed by atoms with van der Waals surface area (Å²) in [4.78, 5) is 3.79. The number of hydrogen-bond donors (Lipinski definition) is 1. The minimum atomic E-state index is -0.381. The summed E-state index contributed by atoms with van der Waals surface area (Å²) in [6.45, 7) is 6.11. The van der Waals surface area contributed by atoms with Gasteiger partial charge in [0.15, 0.2) is 0 Å². The van der Waals surface area contributed by atoms with E-state index in [-0.39, 0.29) is 23.4 Å². The van der Waals surface area contributed by atoms with E-state index in [9.17, 15) is 4.39 Å². The number of halogens is 1. The molecule has 1 aromatic heterocycles. The minimum absolute atomic E-state index is 0.111. The highest BCUT2D eigenvalue weighted by Gasteiger charge is 2.31. The van der Waals surface area contributed by atoms with Crippen LogP contribution in [0.3, 0.4) is 0 Å². The molecule has 2 N–H and O–H groups in total. The zero-order valence-electron chi connectivity index (χ0n) is 10.2. The Labute approximate surface area is 95.8 Å². The molecule has 90 valence electrons. The van der Waals surface area contributed by atoms with Crippen molar-refractivity contribution in [3.63, 3.8) is 0 Å². The smallest absolute Gasteiger partial charge is 0.141 e. The van der Waals surface area contributed by atoms with Crippen LogP contribution in [0.5, 0.6) is 0 Å². The monoisotopic (exact) mass is 226 g/mol. The molecule has 0 radical (unpaired) electrons. The maximum atomic E-state index is 13.0. The van der Waals surface area contributed by atoms with Crippen LogP contribution in [0.1, 0.15) is 32.4 Å². The molecule has 0 saturated heterocycles. The van der Waals surface area contributed by atoms with Crippen LogP contribution in [0.25, 0.3) is 0 Å². The average molecular weight is 226 g/mol. The van der Waals surface area contributed by atoms with E-state index in [0.717, 1.165) is 6.20 Å². The molecular formula is C12H19FN2O. The summed E-state index contributed by atoms with van der Waals surface area (Å²) in [5.41, 5.74) is 6.62. The van der Waals surface area contributed by atoms with Crippen molar-refractivity contribution in [2.45, 2.75) is 32.9 Å². The second-order valence-electron chi connectivity index (χ2n) is 4.98. The Balaban J connectivity index is 2.96. The lowest BCUT2D eigenvalue weighted by Crippen LogP contribution is -2.38. The second-order valence-corrected chi connectivity index (χ2v) is 4.98. The second kappa shape index (κ2) is 4.89. The molecule has 0 amide bonds. The van der Waals surface area contributed by atoms with E-state index >= 15 is 0 Å². The molecule has 0 bridgehead atoms. The maximum Gasteiger partial charge on any atom is 0.141 e. The van der Waals surface area contributed by atoms with Gasteiger partial charge in [-0.05, 0) is 17.0 Å². The maximum absolute atomic E-state index is 13.0. The highest BCUT2D eigenvalue weighted by molar-refractivity contribution is 5.17. The van der Waals surface area contributed by atoms with Crippen molar-refractivity contribution < 1.29 is 9.13 Å². The van der Waals surface area contributed by atoms with Crippen LogP contribution >= 0.6 is 0 Å². The topological polar surface area (TPSA) is 48.1 Å². The Morgan fingerprint density at radius 1 is 1.38 bits per heavy atom. The van der Waals surface area contributed by atoms with E-state index in [2.05, 4.69) is 4.98 Å². The molecular weight excluding hydrogens is 207 g/mol. The van der Waals surface area contributed by atoms with Gasteiger partial charge in [-0.2, -0.15) is 0 Å². The van der Waals surface area contributed by atoms with Gasteiger partial charge in [-0.25, -0.2) is 4.39 Å². The van der Waals surface area contributed by atoms with Crippen LogP contribution in [0, 0.1) is 11.2 Å². The van der Waals surface area contributed by atoms with E-state index in [1.165, 1.54) is 6.07 Å². The van der Waals surface area contributed by atoms with Crippen molar-refractivity contribution in [1.29, 1.82) is 0 Å². The van der Waals surface area contributed by atoms with E-state index < -0.39 is 0 Å². The summed E-state index contributed by atoms with van der Waals surface area (Å²) >= 11 is 0. The zero-order valence-corrected chi connectivity index (χ0v) is 10.2. The molecule has 0 fully saturated rings. The first-order chi connectivity index (χ1) is 7.36. The molecule has 16 heavy (non-hydrogen) atoms. The fourth-order valence-corrected chi connectivity index (χ4v) is 1.82. The Kier molecular flexibility index (Phi) is 3.99. The van der Waals surface area contributed by atoms with Crippen molar-refractivity contribution in [2.75, 3.05) is 7.11 Å². The van der Waals surface area contributed by atoms with Gasteiger partial charge in [0, 0.05) is 13.3 Å². The quantitative estimate of drug-likeness (QED) is 0.860. The van der Waals surface area contributed by atoms with Gasteiger partial charge in [-0.3, -0.25) is 4.98 Å². The van der Waals surface area contributed by atoms with Crippen molar-refractivity contribution >= 4 is 0 Å². The van der Waals surface area contributed by atoms with Crippen LogP contribution in [0.15, 0.2) is 18.5 Å². The fraction of sp³-hybridized carbons (Fsp3) is 0.583. The van der Waals surface area contributed by atoms with Crippen LogP contribution in [0.4, 0.5) is 4.39 Å². The van der Waals surface area contributed by atoms with Crippen LogP contribution in [-0.4, -0.2) is 18.2 Å². The summed E-state index contributed by atoms with van der Waals surface area (Å²) in [7, 11) is 1.61. The standard InChI is InChI=1S/C12H19FN2O/c1-12(2,3)11(16-4)10(14)8-5-9(13)7-15-6-8/h5-7,10-11H,14H2,1-4H3. The number of ether oxygens (including phenoxy) is 1. The first-order valence-electron chi connectivity index (χ1n) is 5.25. The van der Waals surface area contributed by atoms with Gasteiger partial charge in [0.05, 0.1) is 18.3 Å². The molecule has 1 aromatic rings. The van der Waals surface area contributed by atoms with Gasteiger partial charge in [-0.15, -0.1) is 0 Å². The number of nitrogens with zero attached hydrogens (tertiary/aromatic N) is 1. The van der Waals surface area contributed by atoms with Crippen molar-refractivity contribution in [3.05, 3.63) is 29.8 Å². The fourth-order valence-electron chi connectivity index (χ4n) is 1.82. The number of nitrogens with two attached hydrogens (primary N) is 1. The summed E-state index contributed by atoms with van der Waals surface area (Å²) in [6, 6.07) is 1.02. The lowest BCUT2D eigenvalue weighted by Gasteiger charge is -2.34. The molecule has 3 nitrogen and oxygen atoms in total. The summed E-state index contributed by atoms with van der Waals surface area (Å²) in [6.07, 6.45) is 2.55. The Hall–Kier alpha value is -1.00. The molecule has 0 aromatic carbocycles. The normalized spacial score (nSPS) is 15.9. The van der Waals surface area contributed by atoms with Gasteiger partial charge in [0.1, 0.15) is 5.82 Å². The molecule has 2 unspecified atom stereocenters. The average Bonchev–Trinajstić information content (AvgIpc) is 2.16. The predicted molar refractivity (Wildman–Crippen MR) is 61.4 cm³/mol. The van der Waals surface area contributed by atoms with E-state index in [1.54, 1.807) is 13.3 Å². The number of methoxy groups -OCH3 is 1. The third-order valence-corrected chi connectivity index (χ3v) is 2.54. The molecule has 1 heterocycles. The molecule has 4 heteroatoms. The van der Waals surface area contributed by atoms with Crippen LogP contribution < -0.4 is 5.73 Å². The van der Waals surface area contributed by atoms with Crippen LogP contribution in [-0.2, 0) is 4.74 Å². The first kappa shape index (κ1) is 13.1. The Morgan fingerprint density at radius 2 is 2.00 bits per heavy atom. The molecule has 2 atom stereocenters. The van der Waals surface area contributed by atoms with Gasteiger partial charge in [0.2, 0.25) is 0 Å². The predicted octanol–water partition coefficient (Wildman–Crippen LogP) is 2.28.